The summed E-state index contributed by atoms with van der Waals surface area (Å²) in [4.78, 5) is 35.1. The first kappa shape index (κ1) is 44.2. The van der Waals surface area contributed by atoms with Gasteiger partial charge in [-0.1, -0.05) is 17.7 Å². The lowest BCUT2D eigenvalue weighted by atomic mass is 10.1. The van der Waals surface area contributed by atoms with Crippen molar-refractivity contribution in [3.63, 3.8) is 0 Å². The van der Waals surface area contributed by atoms with Crippen molar-refractivity contribution in [3.05, 3.63) is 29.3 Å². The zero-order chi connectivity index (χ0) is 39.7. The van der Waals surface area contributed by atoms with Crippen LogP contribution in [0.4, 0.5) is 53.5 Å². The van der Waals surface area contributed by atoms with E-state index in [0.717, 1.165) is 22.8 Å². The summed E-state index contributed by atoms with van der Waals surface area (Å²) in [6.45, 7) is 10.9. The number of hydroxylamine groups is 1. The van der Waals surface area contributed by atoms with Crippen molar-refractivity contribution in [2.45, 2.75) is 34.1 Å². The van der Waals surface area contributed by atoms with Crippen LogP contribution in [-0.2, 0) is 0 Å². The van der Waals surface area contributed by atoms with Crippen LogP contribution in [-0.4, -0.2) is 135 Å². The van der Waals surface area contributed by atoms with Gasteiger partial charge in [0.15, 0.2) is 0 Å². The van der Waals surface area contributed by atoms with Crippen LogP contribution in [0.15, 0.2) is 18.2 Å². The van der Waals surface area contributed by atoms with Crippen LogP contribution in [0.2, 0.25) is 0 Å². The van der Waals surface area contributed by atoms with Crippen LogP contribution >= 0.6 is 0 Å². The number of aliphatic hydroxyl groups is 2. The fourth-order valence-electron chi connectivity index (χ4n) is 3.87. The van der Waals surface area contributed by atoms with Crippen LogP contribution in [0.5, 0.6) is 5.75 Å². The number of ether oxygens (including phenoxy) is 1. The van der Waals surface area contributed by atoms with E-state index in [1.807, 2.05) is 39.8 Å². The highest BCUT2D eigenvalue weighted by Gasteiger charge is 2.08. The van der Waals surface area contributed by atoms with E-state index in [2.05, 4.69) is 77.5 Å². The van der Waals surface area contributed by atoms with Crippen molar-refractivity contribution in [2.75, 3.05) is 108 Å². The number of rotatable bonds is 20. The second kappa shape index (κ2) is 25.1. The highest BCUT2D eigenvalue weighted by Crippen LogP contribution is 2.19. The summed E-state index contributed by atoms with van der Waals surface area (Å²) < 4.78 is 5.72. The van der Waals surface area contributed by atoms with Gasteiger partial charge >= 0.3 is 0 Å². The van der Waals surface area contributed by atoms with Gasteiger partial charge in [0.25, 0.3) is 23.8 Å². The number of benzene rings is 1. The Hall–Kier alpha value is -5.99. The Morgan fingerprint density at radius 2 is 1.00 bits per heavy atom. The van der Waals surface area contributed by atoms with Crippen LogP contribution in [0.1, 0.15) is 31.4 Å². The second-order valence-electron chi connectivity index (χ2n) is 10.5. The van der Waals surface area contributed by atoms with E-state index in [-0.39, 0.29) is 67.9 Å². The van der Waals surface area contributed by atoms with Crippen molar-refractivity contribution in [3.8, 4) is 5.75 Å². The minimum Gasteiger partial charge on any atom is -0.493 e. The molecule has 25 heteroatoms. The van der Waals surface area contributed by atoms with E-state index in [4.69, 9.17) is 30.6 Å². The van der Waals surface area contributed by atoms with Crippen LogP contribution in [0.25, 0.3) is 0 Å². The Morgan fingerprint density at radius 1 is 0.593 bits per heavy atom. The average molecular weight is 763 g/mol. The summed E-state index contributed by atoms with van der Waals surface area (Å²) in [5, 5.41) is 67.9. The third-order valence-electron chi connectivity index (χ3n) is 6.14. The molecule has 3 heterocycles. The van der Waals surface area contributed by atoms with E-state index in [0.29, 0.717) is 38.1 Å². The maximum atomic E-state index is 9.23. The molecule has 54 heavy (non-hydrogen) atoms. The van der Waals surface area contributed by atoms with Gasteiger partial charge in [0.05, 0.1) is 19.8 Å². The number of aliphatic hydroxyl groups excluding tert-OH is 2. The fourth-order valence-corrected chi connectivity index (χ4v) is 3.87. The summed E-state index contributed by atoms with van der Waals surface area (Å²) in [7, 11) is 1.46. The lowest BCUT2D eigenvalue weighted by Crippen LogP contribution is -2.17. The van der Waals surface area contributed by atoms with Crippen LogP contribution in [0, 0.1) is 13.8 Å². The predicted molar refractivity (Wildman–Crippen MR) is 200 cm³/mol. The Balaban J connectivity index is 0.000000290. The maximum Gasteiger partial charge on any atom is 0.255 e. The van der Waals surface area contributed by atoms with E-state index < -0.39 is 0 Å². The lowest BCUT2D eigenvalue weighted by Gasteiger charge is -2.11. The predicted octanol–water partition coefficient (Wildman–Crippen LogP) is 1.01. The molecule has 0 saturated heterocycles. The number of nitrogens with one attached hydrogen (secondary N) is 8. The minimum atomic E-state index is -0.0782. The molecule has 0 aliphatic heterocycles. The summed E-state index contributed by atoms with van der Waals surface area (Å²) >= 11 is 0. The second-order valence-corrected chi connectivity index (χ2v) is 10.5. The standard InChI is InChI=1S/C14H20N6O3.C8H16N6O.C7H14N6O3/c1-9-4-5-11(10(2)8-9)23-7-3-6-15-12-16-13(19-21)18-14(17-12)20-22;1-4-9-6-11-7(10-5-2)13-8(12-6)14(3)15;14-3-1-8-5-10-6(9-2-4-15)12-7(11-5)13-16/h4-5,8,21-22H,3,6-7H2,1-2H3,(H3,15,16,17,18,19,20);15H,4-5H2,1-3H3,(H2,9,10,11,12,13);14-16H,1-4H2,(H3,8,9,10,11,12,13). The molecule has 0 radical (unpaired) electrons. The molecule has 0 bridgehead atoms. The molecule has 0 amide bonds. The molecule has 298 valence electrons. The first-order chi connectivity index (χ1) is 26.1. The molecule has 4 rings (SSSR count). The fraction of sp³-hybridized carbons (Fsp3) is 0.483. The molecule has 3 aromatic heterocycles. The van der Waals surface area contributed by atoms with Crippen molar-refractivity contribution >= 4 is 53.5 Å². The molecular weight excluding hydrogens is 712 g/mol. The molecular formula is C29H50N18O7. The normalized spacial score (nSPS) is 10.1. The summed E-state index contributed by atoms with van der Waals surface area (Å²) in [6.07, 6.45) is 0.725. The molecule has 0 atom stereocenters. The van der Waals surface area contributed by atoms with E-state index >= 15 is 0 Å². The maximum absolute atomic E-state index is 9.23. The zero-order valence-electron chi connectivity index (χ0n) is 30.7. The quantitative estimate of drug-likeness (QED) is 0.0441. The van der Waals surface area contributed by atoms with Crippen LogP contribution < -0.4 is 52.8 Å². The number of aromatic nitrogens is 9. The largest absolute Gasteiger partial charge is 0.493 e. The molecule has 25 nitrogen and oxygen atoms in total. The molecule has 0 spiro atoms. The molecule has 0 unspecified atom stereocenters. The van der Waals surface area contributed by atoms with Gasteiger partial charge in [0.2, 0.25) is 29.7 Å². The van der Waals surface area contributed by atoms with Gasteiger partial charge in [0, 0.05) is 39.8 Å². The lowest BCUT2D eigenvalue weighted by molar-refractivity contribution is 0.272. The Morgan fingerprint density at radius 3 is 1.39 bits per heavy atom. The molecule has 0 fully saturated rings. The molecule has 1 aromatic carbocycles. The minimum absolute atomic E-state index is 0.0316. The van der Waals surface area contributed by atoms with Gasteiger partial charge < -0.3 is 41.5 Å². The van der Waals surface area contributed by atoms with Gasteiger partial charge in [-0.15, -0.1) is 0 Å². The van der Waals surface area contributed by atoms with E-state index in [1.165, 1.54) is 12.6 Å². The summed E-state index contributed by atoms with van der Waals surface area (Å²) in [5.41, 5.74) is 7.70. The third kappa shape index (κ3) is 16.6. The number of hydrogen-bond donors (Lipinski definition) is 14. The molecule has 0 aliphatic carbocycles. The van der Waals surface area contributed by atoms with Gasteiger partial charge in [-0.2, -0.15) is 44.9 Å². The average Bonchev–Trinajstić information content (AvgIpc) is 3.17. The van der Waals surface area contributed by atoms with Crippen LogP contribution in [0.3, 0.4) is 0 Å². The smallest absolute Gasteiger partial charge is 0.255 e. The van der Waals surface area contributed by atoms with Crippen molar-refractivity contribution in [1.82, 2.24) is 44.9 Å². The molecule has 4 aromatic rings. The number of anilines is 9. The molecule has 0 saturated carbocycles. The Bertz CT molecular complexity index is 1590. The number of aryl methyl sites for hydroxylation is 2. The van der Waals surface area contributed by atoms with Crippen molar-refractivity contribution in [1.29, 1.82) is 0 Å². The van der Waals surface area contributed by atoms with E-state index in [1.54, 1.807) is 16.4 Å². The van der Waals surface area contributed by atoms with Gasteiger partial charge in [-0.3, -0.25) is 20.8 Å². The SMILES string of the molecule is CCNc1nc(NCC)nc(N(C)O)n1.Cc1ccc(OCCCNc2nc(NO)nc(NO)n2)c(C)c1.OCCNc1nc(NO)nc(NCCO)n1. The molecule has 0 aliphatic rings. The van der Waals surface area contributed by atoms with E-state index in [9.17, 15) is 5.21 Å². The van der Waals surface area contributed by atoms with Gasteiger partial charge in [-0.25, -0.2) is 21.5 Å². The number of hydrogen-bond acceptors (Lipinski definition) is 25. The van der Waals surface area contributed by atoms with Crippen molar-refractivity contribution < 1.29 is 35.8 Å². The third-order valence-corrected chi connectivity index (χ3v) is 6.14. The van der Waals surface area contributed by atoms with Crippen molar-refractivity contribution in [2.24, 2.45) is 0 Å². The highest BCUT2D eigenvalue weighted by atomic mass is 16.5. The summed E-state index contributed by atoms with van der Waals surface area (Å²) in [6, 6.07) is 6.05. The first-order valence-corrected chi connectivity index (χ1v) is 16.6. The highest BCUT2D eigenvalue weighted by molar-refractivity contribution is 5.43. The topological polar surface area (TPSA) is 346 Å². The number of nitrogens with zero attached hydrogens (tertiary/aromatic N) is 10. The first-order valence-electron chi connectivity index (χ1n) is 16.6. The monoisotopic (exact) mass is 762 g/mol. The molecule has 14 N–H and O–H groups in total. The Labute approximate surface area is 311 Å². The zero-order valence-corrected chi connectivity index (χ0v) is 30.7. The Kier molecular flexibility index (Phi) is 20.5. The van der Waals surface area contributed by atoms with Gasteiger partial charge in [0.1, 0.15) is 5.75 Å². The summed E-state index contributed by atoms with van der Waals surface area (Å²) in [5.74, 6) is 2.42. The van der Waals surface area contributed by atoms with Gasteiger partial charge in [-0.05, 0) is 45.7 Å².